The molecule has 1 aliphatic rings. The molecule has 0 radical (unpaired) electrons. The van der Waals surface area contributed by atoms with Crippen LogP contribution in [0.25, 0.3) is 11.1 Å². The molecule has 3 aromatic rings. The first kappa shape index (κ1) is 18.0. The van der Waals surface area contributed by atoms with Crippen molar-refractivity contribution < 1.29 is 22.6 Å². The number of aryl methyl sites for hydroxylation is 1. The van der Waals surface area contributed by atoms with Gasteiger partial charge in [-0.2, -0.15) is 9.29 Å². The van der Waals surface area contributed by atoms with E-state index in [9.17, 15) is 13.5 Å². The van der Waals surface area contributed by atoms with Crippen molar-refractivity contribution >= 4 is 21.1 Å². The van der Waals surface area contributed by atoms with E-state index in [0.29, 0.717) is 16.9 Å². The van der Waals surface area contributed by atoms with Crippen molar-refractivity contribution in [3.8, 4) is 0 Å². The standard InChI is InChI=1S/C16H19N5O5S/c1-9(2)13-18-15(26-20-13)16(22)4-5-21(8-16)27(23,24)11-6-12-10(3)19-25-14(12)17-7-11/h6-7,9,22H,4-5,8H2,1-3H3. The van der Waals surface area contributed by atoms with Gasteiger partial charge in [0.15, 0.2) is 11.4 Å². The number of fused-ring (bicyclic) bond motifs is 1. The first-order chi connectivity index (χ1) is 12.7. The third-order valence-electron chi connectivity index (χ3n) is 4.69. The summed E-state index contributed by atoms with van der Waals surface area (Å²) in [6.45, 7) is 5.47. The predicted molar refractivity (Wildman–Crippen MR) is 92.2 cm³/mol. The summed E-state index contributed by atoms with van der Waals surface area (Å²) >= 11 is 0. The summed E-state index contributed by atoms with van der Waals surface area (Å²) in [5.41, 5.74) is -0.686. The summed E-state index contributed by atoms with van der Waals surface area (Å²) in [5.74, 6) is 0.543. The highest BCUT2D eigenvalue weighted by Gasteiger charge is 2.47. The molecule has 4 heterocycles. The Morgan fingerprint density at radius 1 is 1.30 bits per heavy atom. The molecule has 27 heavy (non-hydrogen) atoms. The Labute approximate surface area is 155 Å². The van der Waals surface area contributed by atoms with Crippen LogP contribution in [0.5, 0.6) is 0 Å². The average Bonchev–Trinajstić information content (AvgIpc) is 3.34. The fourth-order valence-corrected chi connectivity index (χ4v) is 4.48. The van der Waals surface area contributed by atoms with Crippen molar-refractivity contribution in [3.63, 3.8) is 0 Å². The summed E-state index contributed by atoms with van der Waals surface area (Å²) in [5, 5.41) is 19.0. The van der Waals surface area contributed by atoms with E-state index in [0.717, 1.165) is 0 Å². The van der Waals surface area contributed by atoms with E-state index >= 15 is 0 Å². The molecule has 1 atom stereocenters. The van der Waals surface area contributed by atoms with E-state index < -0.39 is 15.6 Å². The molecule has 3 aromatic heterocycles. The third-order valence-corrected chi connectivity index (χ3v) is 6.50. The minimum atomic E-state index is -3.86. The van der Waals surface area contributed by atoms with Crippen molar-refractivity contribution in [2.75, 3.05) is 13.1 Å². The topological polar surface area (TPSA) is 135 Å². The van der Waals surface area contributed by atoms with Crippen molar-refractivity contribution in [1.82, 2.24) is 24.6 Å². The SMILES string of the molecule is Cc1noc2ncc(S(=O)(=O)N3CCC(O)(c4nc(C(C)C)no4)C3)cc12. The van der Waals surface area contributed by atoms with Crippen molar-refractivity contribution in [1.29, 1.82) is 0 Å². The molecule has 1 unspecified atom stereocenters. The van der Waals surface area contributed by atoms with Gasteiger partial charge in [0.2, 0.25) is 10.0 Å². The van der Waals surface area contributed by atoms with Gasteiger partial charge in [0.25, 0.3) is 11.6 Å². The number of β-amino-alcohol motifs (C(OH)–C–C–N with tert-alkyl or cyclic N) is 1. The summed E-state index contributed by atoms with van der Waals surface area (Å²) in [7, 11) is -3.86. The quantitative estimate of drug-likeness (QED) is 0.696. The number of hydrogen-bond acceptors (Lipinski definition) is 9. The molecule has 0 amide bonds. The largest absolute Gasteiger partial charge is 0.379 e. The van der Waals surface area contributed by atoms with Gasteiger partial charge in [-0.25, -0.2) is 13.4 Å². The molecule has 0 saturated carbocycles. The fourth-order valence-electron chi connectivity index (χ4n) is 3.01. The van der Waals surface area contributed by atoms with Crippen LogP contribution in [0.15, 0.2) is 26.2 Å². The van der Waals surface area contributed by atoms with Crippen LogP contribution < -0.4 is 0 Å². The van der Waals surface area contributed by atoms with E-state index in [-0.39, 0.29) is 41.9 Å². The lowest BCUT2D eigenvalue weighted by Crippen LogP contribution is -2.34. The Bertz CT molecular complexity index is 1110. The lowest BCUT2D eigenvalue weighted by atomic mass is 10.0. The molecule has 1 saturated heterocycles. The van der Waals surface area contributed by atoms with E-state index in [1.807, 2.05) is 13.8 Å². The Kier molecular flexibility index (Phi) is 4.05. The predicted octanol–water partition coefficient (Wildman–Crippen LogP) is 1.32. The van der Waals surface area contributed by atoms with Gasteiger partial charge in [0.05, 0.1) is 23.8 Å². The van der Waals surface area contributed by atoms with Crippen molar-refractivity contribution in [3.05, 3.63) is 29.7 Å². The second-order valence-corrected chi connectivity index (χ2v) is 8.96. The second kappa shape index (κ2) is 6.08. The molecule has 0 aliphatic carbocycles. The number of hydrogen-bond donors (Lipinski definition) is 1. The highest BCUT2D eigenvalue weighted by Crippen LogP contribution is 2.35. The number of pyridine rings is 1. The highest BCUT2D eigenvalue weighted by molar-refractivity contribution is 7.89. The molecule has 144 valence electrons. The monoisotopic (exact) mass is 393 g/mol. The van der Waals surface area contributed by atoms with Gasteiger partial charge in [-0.15, -0.1) is 0 Å². The molecule has 0 spiro atoms. The zero-order valence-electron chi connectivity index (χ0n) is 15.1. The molecular formula is C16H19N5O5S. The Morgan fingerprint density at radius 2 is 2.07 bits per heavy atom. The lowest BCUT2D eigenvalue weighted by molar-refractivity contribution is 0.0194. The summed E-state index contributed by atoms with van der Waals surface area (Å²) in [6.07, 6.45) is 1.39. The third kappa shape index (κ3) is 2.91. The van der Waals surface area contributed by atoms with Crippen LogP contribution in [0, 0.1) is 6.92 Å². The second-order valence-electron chi connectivity index (χ2n) is 7.02. The molecule has 4 rings (SSSR count). The normalized spacial score (nSPS) is 21.5. The summed E-state index contributed by atoms with van der Waals surface area (Å²) in [6, 6.07) is 1.48. The molecule has 1 fully saturated rings. The van der Waals surface area contributed by atoms with Gasteiger partial charge >= 0.3 is 0 Å². The number of aromatic nitrogens is 4. The van der Waals surface area contributed by atoms with Gasteiger partial charge < -0.3 is 14.2 Å². The van der Waals surface area contributed by atoms with Crippen molar-refractivity contribution in [2.24, 2.45) is 0 Å². The zero-order valence-corrected chi connectivity index (χ0v) is 15.9. The molecule has 1 aliphatic heterocycles. The molecule has 0 aromatic carbocycles. The fraction of sp³-hybridized carbons (Fsp3) is 0.500. The number of nitrogens with zero attached hydrogens (tertiary/aromatic N) is 5. The molecular weight excluding hydrogens is 374 g/mol. The van der Waals surface area contributed by atoms with Crippen LogP contribution >= 0.6 is 0 Å². The Balaban J connectivity index is 1.63. The maximum absolute atomic E-state index is 13.0. The van der Waals surface area contributed by atoms with Crippen LogP contribution in [0.4, 0.5) is 0 Å². The maximum atomic E-state index is 13.0. The minimum Gasteiger partial charge on any atom is -0.379 e. The lowest BCUT2D eigenvalue weighted by Gasteiger charge is -2.19. The van der Waals surface area contributed by atoms with Gasteiger partial charge in [0.1, 0.15) is 4.90 Å². The Hall–Kier alpha value is -2.37. The summed E-state index contributed by atoms with van der Waals surface area (Å²) < 4.78 is 37.4. The van der Waals surface area contributed by atoms with E-state index in [1.165, 1.54) is 16.6 Å². The number of rotatable bonds is 4. The smallest absolute Gasteiger partial charge is 0.260 e. The van der Waals surface area contributed by atoms with Crippen LogP contribution in [0.2, 0.25) is 0 Å². The van der Waals surface area contributed by atoms with Gasteiger partial charge in [-0.05, 0) is 13.0 Å². The van der Waals surface area contributed by atoms with E-state index in [2.05, 4.69) is 20.3 Å². The minimum absolute atomic E-state index is 0.0129. The van der Waals surface area contributed by atoms with Crippen LogP contribution in [-0.4, -0.2) is 51.2 Å². The van der Waals surface area contributed by atoms with Gasteiger partial charge in [-0.3, -0.25) is 0 Å². The van der Waals surface area contributed by atoms with Gasteiger partial charge in [0, 0.05) is 18.9 Å². The molecule has 10 nitrogen and oxygen atoms in total. The van der Waals surface area contributed by atoms with Crippen LogP contribution in [0.1, 0.15) is 43.6 Å². The highest BCUT2D eigenvalue weighted by atomic mass is 32.2. The van der Waals surface area contributed by atoms with Crippen LogP contribution in [0.3, 0.4) is 0 Å². The van der Waals surface area contributed by atoms with Gasteiger partial charge in [-0.1, -0.05) is 24.2 Å². The maximum Gasteiger partial charge on any atom is 0.260 e. The van der Waals surface area contributed by atoms with Crippen LogP contribution in [-0.2, 0) is 15.6 Å². The summed E-state index contributed by atoms with van der Waals surface area (Å²) in [4.78, 5) is 8.25. The molecule has 0 bridgehead atoms. The molecule has 11 heteroatoms. The number of aliphatic hydroxyl groups is 1. The number of sulfonamides is 1. The molecule has 1 N–H and O–H groups in total. The average molecular weight is 393 g/mol. The van der Waals surface area contributed by atoms with E-state index in [4.69, 9.17) is 9.05 Å². The Morgan fingerprint density at radius 3 is 2.78 bits per heavy atom. The first-order valence-electron chi connectivity index (χ1n) is 8.49. The first-order valence-corrected chi connectivity index (χ1v) is 9.93. The zero-order chi connectivity index (χ0) is 19.4. The van der Waals surface area contributed by atoms with Crippen molar-refractivity contribution in [2.45, 2.75) is 43.6 Å². The van der Waals surface area contributed by atoms with E-state index in [1.54, 1.807) is 6.92 Å².